The summed E-state index contributed by atoms with van der Waals surface area (Å²) < 4.78 is 1.37. The summed E-state index contributed by atoms with van der Waals surface area (Å²) in [5.74, 6) is -0.102. The van der Waals surface area contributed by atoms with E-state index in [1.807, 2.05) is 12.1 Å². The SMILES string of the molecule is CC(C)(N)C(=O)N1CCN(C(=O)Nc2ccn(-c3ccc(CC(N)C(=O)N4CCCC(N)CC4)cc3)c(=O)n2)CC1.Cl. The van der Waals surface area contributed by atoms with Gasteiger partial charge in [0.1, 0.15) is 5.82 Å². The molecule has 2 aromatic rings. The van der Waals surface area contributed by atoms with Crippen LogP contribution >= 0.6 is 12.4 Å². The number of halogens is 1. The Morgan fingerprint density at radius 3 is 2.24 bits per heavy atom. The Morgan fingerprint density at radius 2 is 1.62 bits per heavy atom. The van der Waals surface area contributed by atoms with Crippen LogP contribution in [-0.2, 0) is 16.0 Å². The first-order valence-corrected chi connectivity index (χ1v) is 14.1. The van der Waals surface area contributed by atoms with Gasteiger partial charge in [0.05, 0.1) is 17.3 Å². The second kappa shape index (κ2) is 14.1. The monoisotopic (exact) mass is 603 g/mol. The average Bonchev–Trinajstić information content (AvgIpc) is 3.16. The lowest BCUT2D eigenvalue weighted by Gasteiger charge is -2.37. The maximum absolute atomic E-state index is 12.8. The highest BCUT2D eigenvalue weighted by molar-refractivity contribution is 5.89. The number of carbonyl (C=O) groups is 3. The zero-order valence-electron chi connectivity index (χ0n) is 24.2. The minimum Gasteiger partial charge on any atom is -0.341 e. The lowest BCUT2D eigenvalue weighted by atomic mass is 10.0. The number of nitrogens with one attached hydrogen (secondary N) is 1. The summed E-state index contributed by atoms with van der Waals surface area (Å²) in [6, 6.07) is 7.82. The Kier molecular flexibility index (Phi) is 11.1. The minimum absolute atomic E-state index is 0. The number of hydrogen-bond donors (Lipinski definition) is 4. The van der Waals surface area contributed by atoms with Crippen LogP contribution < -0.4 is 28.2 Å². The van der Waals surface area contributed by atoms with E-state index in [-0.39, 0.29) is 36.1 Å². The van der Waals surface area contributed by atoms with Crippen molar-refractivity contribution >= 4 is 36.1 Å². The van der Waals surface area contributed by atoms with Crippen LogP contribution in [0.4, 0.5) is 10.6 Å². The summed E-state index contributed by atoms with van der Waals surface area (Å²) >= 11 is 0. The normalized spacial score (nSPS) is 18.5. The molecule has 0 saturated carbocycles. The summed E-state index contributed by atoms with van der Waals surface area (Å²) in [4.78, 5) is 59.7. The largest absolute Gasteiger partial charge is 0.354 e. The molecule has 4 amide bonds. The third kappa shape index (κ3) is 8.28. The molecule has 1 aromatic carbocycles. The molecule has 3 heterocycles. The number of nitrogens with zero attached hydrogens (tertiary/aromatic N) is 5. The first-order valence-electron chi connectivity index (χ1n) is 14.1. The second-order valence-electron chi connectivity index (χ2n) is 11.4. The van der Waals surface area contributed by atoms with Gasteiger partial charge in [-0.15, -0.1) is 12.4 Å². The quantitative estimate of drug-likeness (QED) is 0.362. The molecule has 0 bridgehead atoms. The summed E-state index contributed by atoms with van der Waals surface area (Å²) in [6.45, 7) is 6.07. The molecule has 1 aromatic heterocycles. The number of rotatable bonds is 6. The van der Waals surface area contributed by atoms with E-state index in [9.17, 15) is 19.2 Å². The molecule has 13 nitrogen and oxygen atoms in total. The molecular formula is C28H42ClN9O4. The van der Waals surface area contributed by atoms with Gasteiger partial charge >= 0.3 is 11.7 Å². The van der Waals surface area contributed by atoms with Gasteiger partial charge in [0.25, 0.3) is 0 Å². The molecule has 230 valence electrons. The Balaban J connectivity index is 0.00000484. The second-order valence-corrected chi connectivity index (χ2v) is 11.4. The lowest BCUT2D eigenvalue weighted by Crippen LogP contribution is -2.58. The summed E-state index contributed by atoms with van der Waals surface area (Å²) in [6.07, 6.45) is 4.50. The van der Waals surface area contributed by atoms with Crippen LogP contribution in [0, 0.1) is 0 Å². The molecule has 2 fully saturated rings. The maximum Gasteiger partial charge on any atom is 0.354 e. The fourth-order valence-electron chi connectivity index (χ4n) is 5.09. The predicted octanol–water partition coefficient (Wildman–Crippen LogP) is 0.277. The van der Waals surface area contributed by atoms with Gasteiger partial charge in [-0.1, -0.05) is 12.1 Å². The van der Waals surface area contributed by atoms with E-state index in [0.717, 1.165) is 24.8 Å². The number of aromatic nitrogens is 2. The maximum atomic E-state index is 12.8. The van der Waals surface area contributed by atoms with Gasteiger partial charge in [0, 0.05) is 51.5 Å². The number of hydrogen-bond acceptors (Lipinski definition) is 8. The molecule has 0 aliphatic carbocycles. The molecule has 14 heteroatoms. The topological polar surface area (TPSA) is 186 Å². The van der Waals surface area contributed by atoms with Crippen molar-refractivity contribution in [3.63, 3.8) is 0 Å². The number of anilines is 1. The summed E-state index contributed by atoms with van der Waals surface area (Å²) in [5, 5.41) is 2.66. The smallest absolute Gasteiger partial charge is 0.341 e. The fraction of sp³-hybridized carbons (Fsp3) is 0.536. The Hall–Kier alpha value is -3.52. The predicted molar refractivity (Wildman–Crippen MR) is 163 cm³/mol. The minimum atomic E-state index is -0.966. The highest BCUT2D eigenvalue weighted by Crippen LogP contribution is 2.15. The van der Waals surface area contributed by atoms with Gasteiger partial charge in [0.2, 0.25) is 11.8 Å². The van der Waals surface area contributed by atoms with Crippen molar-refractivity contribution in [2.24, 2.45) is 17.2 Å². The molecule has 2 aliphatic rings. The zero-order valence-corrected chi connectivity index (χ0v) is 25.0. The fourth-order valence-corrected chi connectivity index (χ4v) is 5.09. The van der Waals surface area contributed by atoms with Crippen molar-refractivity contribution in [2.45, 2.75) is 57.2 Å². The molecule has 0 radical (unpaired) electrons. The van der Waals surface area contributed by atoms with E-state index >= 15 is 0 Å². The van der Waals surface area contributed by atoms with Crippen LogP contribution in [0.5, 0.6) is 0 Å². The van der Waals surface area contributed by atoms with Crippen molar-refractivity contribution in [1.82, 2.24) is 24.3 Å². The third-order valence-electron chi connectivity index (χ3n) is 7.52. The van der Waals surface area contributed by atoms with Crippen LogP contribution in [0.3, 0.4) is 0 Å². The van der Waals surface area contributed by atoms with E-state index in [4.69, 9.17) is 17.2 Å². The molecular weight excluding hydrogens is 562 g/mol. The first kappa shape index (κ1) is 33.0. The van der Waals surface area contributed by atoms with Gasteiger partial charge in [-0.2, -0.15) is 4.98 Å². The van der Waals surface area contributed by atoms with E-state index in [1.165, 1.54) is 4.57 Å². The average molecular weight is 604 g/mol. The van der Waals surface area contributed by atoms with Crippen LogP contribution in [0.15, 0.2) is 41.3 Å². The molecule has 7 N–H and O–H groups in total. The summed E-state index contributed by atoms with van der Waals surface area (Å²) in [7, 11) is 0. The van der Waals surface area contributed by atoms with Crippen molar-refractivity contribution in [2.75, 3.05) is 44.6 Å². The molecule has 2 saturated heterocycles. The standard InChI is InChI=1S/C28H41N9O4.ClH/c1-28(2,31)25(39)35-14-16-36(17-15-35)26(40)32-23-10-13-37(27(41)33-23)21-7-5-19(6-8-21)18-22(30)24(38)34-11-3-4-20(29)9-12-34;/h5-8,10,13,20,22H,3-4,9,11-12,14-18,29-31H2,1-2H3,(H,32,33,40,41);1H. The third-order valence-corrected chi connectivity index (χ3v) is 7.52. The first-order chi connectivity index (χ1) is 19.4. The van der Waals surface area contributed by atoms with Gasteiger partial charge in [-0.05, 0) is 63.3 Å². The Bertz CT molecular complexity index is 1300. The Labute approximate surface area is 251 Å². The number of likely N-dealkylation sites (tertiary alicyclic amines) is 1. The van der Waals surface area contributed by atoms with E-state index < -0.39 is 23.3 Å². The molecule has 2 atom stereocenters. The molecule has 2 unspecified atom stereocenters. The van der Waals surface area contributed by atoms with Crippen molar-refractivity contribution in [1.29, 1.82) is 0 Å². The van der Waals surface area contributed by atoms with E-state index in [0.29, 0.717) is 51.4 Å². The van der Waals surface area contributed by atoms with Crippen LogP contribution in [-0.4, -0.2) is 99.0 Å². The van der Waals surface area contributed by atoms with E-state index in [2.05, 4.69) is 10.3 Å². The van der Waals surface area contributed by atoms with Gasteiger partial charge < -0.3 is 31.9 Å². The highest BCUT2D eigenvalue weighted by Gasteiger charge is 2.31. The zero-order chi connectivity index (χ0) is 29.7. The summed E-state index contributed by atoms with van der Waals surface area (Å²) in [5.41, 5.74) is 18.1. The number of amides is 4. The highest BCUT2D eigenvalue weighted by atomic mass is 35.5. The number of nitrogens with two attached hydrogens (primary N) is 3. The molecule has 42 heavy (non-hydrogen) atoms. The molecule has 2 aliphatic heterocycles. The van der Waals surface area contributed by atoms with Crippen molar-refractivity contribution in [3.8, 4) is 5.69 Å². The number of urea groups is 1. The van der Waals surface area contributed by atoms with Gasteiger partial charge in [-0.25, -0.2) is 9.59 Å². The van der Waals surface area contributed by atoms with E-state index in [1.54, 1.807) is 52.9 Å². The van der Waals surface area contributed by atoms with Crippen LogP contribution in [0.25, 0.3) is 5.69 Å². The van der Waals surface area contributed by atoms with Crippen molar-refractivity contribution in [3.05, 3.63) is 52.6 Å². The number of piperazine rings is 1. The van der Waals surface area contributed by atoms with Gasteiger partial charge in [-0.3, -0.25) is 19.5 Å². The molecule has 0 spiro atoms. The Morgan fingerprint density at radius 1 is 0.976 bits per heavy atom. The van der Waals surface area contributed by atoms with Gasteiger partial charge in [0.15, 0.2) is 0 Å². The van der Waals surface area contributed by atoms with Crippen LogP contribution in [0.1, 0.15) is 38.7 Å². The number of carbonyl (C=O) groups excluding carboxylic acids is 3. The van der Waals surface area contributed by atoms with Crippen molar-refractivity contribution < 1.29 is 14.4 Å². The number of benzene rings is 1. The molecule has 4 rings (SSSR count). The van der Waals surface area contributed by atoms with Crippen LogP contribution in [0.2, 0.25) is 0 Å². The lowest BCUT2D eigenvalue weighted by molar-refractivity contribution is -0.137.